The van der Waals surface area contributed by atoms with E-state index >= 15 is 0 Å². The molecule has 0 amide bonds. The van der Waals surface area contributed by atoms with Gasteiger partial charge in [0.15, 0.2) is 8.32 Å². The fourth-order valence-corrected chi connectivity index (χ4v) is 5.99. The highest BCUT2D eigenvalue weighted by atomic mass is 28.4. The molecule has 40 heavy (non-hydrogen) atoms. The predicted octanol–water partition coefficient (Wildman–Crippen LogP) is 6.56. The maximum atomic E-state index is 12.2. The Morgan fingerprint density at radius 1 is 0.825 bits per heavy atom. The van der Waals surface area contributed by atoms with Crippen LogP contribution in [0.5, 0.6) is 0 Å². The number of H-pyrrole nitrogens is 1. The molecule has 0 radical (unpaired) electrons. The zero-order valence-electron chi connectivity index (χ0n) is 24.1. The molecule has 4 rings (SSSR count). The third-order valence-corrected chi connectivity index (χ3v) is 12.5. The predicted molar refractivity (Wildman–Crippen MR) is 164 cm³/mol. The van der Waals surface area contributed by atoms with Gasteiger partial charge < -0.3 is 19.9 Å². The van der Waals surface area contributed by atoms with Crippen molar-refractivity contribution >= 4 is 8.32 Å². The number of nitrogens with one attached hydrogen (secondary N) is 1. The minimum atomic E-state index is -2.11. The fourth-order valence-electron chi connectivity index (χ4n) is 4.78. The van der Waals surface area contributed by atoms with Gasteiger partial charge in [-0.1, -0.05) is 112 Å². The average Bonchev–Trinajstić information content (AvgIpc) is 2.93. The number of aromatic amines is 1. The zero-order valence-corrected chi connectivity index (χ0v) is 25.1. The zero-order chi connectivity index (χ0) is 28.8. The van der Waals surface area contributed by atoms with E-state index in [1.54, 1.807) is 0 Å². The molecule has 2 atom stereocenters. The van der Waals surface area contributed by atoms with Gasteiger partial charge in [0.25, 0.3) is 0 Å². The van der Waals surface area contributed by atoms with Gasteiger partial charge in [0.2, 0.25) is 0 Å². The molecule has 3 N–H and O–H groups in total. The summed E-state index contributed by atoms with van der Waals surface area (Å²) < 4.78 is 13.6. The van der Waals surface area contributed by atoms with E-state index in [-0.39, 0.29) is 17.6 Å². The number of ether oxygens (including phenoxy) is 1. The largest absolute Gasteiger partial charge is 0.402 e. The van der Waals surface area contributed by atoms with Gasteiger partial charge in [0.1, 0.15) is 5.60 Å². The molecule has 1 heterocycles. The van der Waals surface area contributed by atoms with Crippen molar-refractivity contribution in [3.8, 4) is 0 Å². The summed E-state index contributed by atoms with van der Waals surface area (Å²) in [5.41, 5.74) is 9.12. The second kappa shape index (κ2) is 12.4. The molecule has 0 saturated carbocycles. The Morgan fingerprint density at radius 2 is 1.30 bits per heavy atom. The van der Waals surface area contributed by atoms with Crippen LogP contribution in [0, 0.1) is 0 Å². The Morgan fingerprint density at radius 3 is 1.73 bits per heavy atom. The standard InChI is InChI=1S/C33H41N3O3Si/c1-32(2,3)40(4,5)39-30(34)23-25(29-21-22-35-31(37)36-29)24-38-33(26-15-9-6-10-16-26,27-17-11-7-12-18-27)28-19-13-8-14-20-28/h6-22,25,30H,23-24,34H2,1-5H3,(H,35,36,37). The molecule has 0 aliphatic heterocycles. The van der Waals surface area contributed by atoms with Gasteiger partial charge in [-0.15, -0.1) is 0 Å². The average molecular weight is 556 g/mol. The second-order valence-electron chi connectivity index (χ2n) is 11.8. The van der Waals surface area contributed by atoms with Crippen LogP contribution in [0.15, 0.2) is 108 Å². The highest BCUT2D eigenvalue weighted by Gasteiger charge is 2.41. The number of hydrogen-bond donors (Lipinski definition) is 2. The Labute approximate surface area is 238 Å². The lowest BCUT2D eigenvalue weighted by molar-refractivity contribution is -0.00271. The van der Waals surface area contributed by atoms with Crippen molar-refractivity contribution in [2.24, 2.45) is 5.73 Å². The van der Waals surface area contributed by atoms with Gasteiger partial charge in [-0.25, -0.2) is 9.78 Å². The SMILES string of the molecule is CC(C)(C)[Si](C)(C)OC(N)CC(COC(c1ccccc1)(c1ccccc1)c1ccccc1)c1ccnc(=O)[nH]1. The topological polar surface area (TPSA) is 90.2 Å². The molecule has 7 heteroatoms. The number of aromatic nitrogens is 2. The molecule has 2 unspecified atom stereocenters. The summed E-state index contributed by atoms with van der Waals surface area (Å²) in [6.07, 6.45) is 1.48. The first-order valence-electron chi connectivity index (χ1n) is 13.8. The summed E-state index contributed by atoms with van der Waals surface area (Å²) in [5.74, 6) is -0.244. The van der Waals surface area contributed by atoms with Crippen molar-refractivity contribution in [2.45, 2.75) is 63.1 Å². The minimum absolute atomic E-state index is 0.0185. The molecule has 1 aromatic heterocycles. The molecule has 0 saturated heterocycles. The van der Waals surface area contributed by atoms with Gasteiger partial charge in [-0.2, -0.15) is 0 Å². The van der Waals surface area contributed by atoms with Crippen LogP contribution < -0.4 is 11.4 Å². The highest BCUT2D eigenvalue weighted by molar-refractivity contribution is 6.74. The summed E-state index contributed by atoms with van der Waals surface area (Å²) in [5, 5.41) is 0.0185. The van der Waals surface area contributed by atoms with Crippen molar-refractivity contribution < 1.29 is 9.16 Å². The van der Waals surface area contributed by atoms with Crippen molar-refractivity contribution in [1.82, 2.24) is 9.97 Å². The lowest BCUT2D eigenvalue weighted by atomic mass is 9.80. The Bertz CT molecular complexity index is 1310. The third kappa shape index (κ3) is 6.67. The molecular formula is C33H41N3O3Si. The smallest absolute Gasteiger partial charge is 0.345 e. The van der Waals surface area contributed by atoms with Crippen LogP contribution in [0.3, 0.4) is 0 Å². The van der Waals surface area contributed by atoms with E-state index in [2.05, 4.69) is 80.2 Å². The number of hydrogen-bond acceptors (Lipinski definition) is 5. The maximum absolute atomic E-state index is 12.2. The molecule has 6 nitrogen and oxygen atoms in total. The van der Waals surface area contributed by atoms with Crippen LogP contribution in [0.4, 0.5) is 0 Å². The molecule has 0 aliphatic rings. The number of rotatable bonds is 11. The Balaban J connectivity index is 1.76. The Hall–Kier alpha value is -3.36. The molecule has 4 aromatic rings. The van der Waals surface area contributed by atoms with E-state index in [4.69, 9.17) is 14.9 Å². The summed E-state index contributed by atoms with van der Waals surface area (Å²) in [6, 6.07) is 32.6. The van der Waals surface area contributed by atoms with Crippen molar-refractivity contribution in [2.75, 3.05) is 6.61 Å². The molecular weight excluding hydrogens is 514 g/mol. The first kappa shape index (κ1) is 29.6. The second-order valence-corrected chi connectivity index (χ2v) is 16.5. The van der Waals surface area contributed by atoms with Gasteiger partial charge in [-0.05, 0) is 47.3 Å². The van der Waals surface area contributed by atoms with Crippen LogP contribution in [-0.2, 0) is 14.8 Å². The molecule has 0 spiro atoms. The van der Waals surface area contributed by atoms with Gasteiger partial charge in [-0.3, -0.25) is 0 Å². The van der Waals surface area contributed by atoms with Crippen LogP contribution in [-0.4, -0.2) is 31.1 Å². The highest BCUT2D eigenvalue weighted by Crippen LogP contribution is 2.42. The monoisotopic (exact) mass is 555 g/mol. The normalized spacial score (nSPS) is 14.1. The van der Waals surface area contributed by atoms with Crippen LogP contribution in [0.1, 0.15) is 55.5 Å². The van der Waals surface area contributed by atoms with E-state index in [0.29, 0.717) is 6.42 Å². The number of benzene rings is 3. The molecule has 0 bridgehead atoms. The summed E-state index contributed by atoms with van der Waals surface area (Å²) >= 11 is 0. The molecule has 210 valence electrons. The quantitative estimate of drug-likeness (QED) is 0.124. The first-order chi connectivity index (χ1) is 19.0. The van der Waals surface area contributed by atoms with Crippen molar-refractivity contribution in [3.05, 3.63) is 136 Å². The van der Waals surface area contributed by atoms with Crippen molar-refractivity contribution in [3.63, 3.8) is 0 Å². The fraction of sp³-hybridized carbons (Fsp3) is 0.333. The van der Waals surface area contributed by atoms with E-state index in [1.807, 2.05) is 60.7 Å². The molecule has 0 fully saturated rings. The van der Waals surface area contributed by atoms with E-state index in [9.17, 15) is 4.79 Å². The maximum Gasteiger partial charge on any atom is 0.345 e. The third-order valence-electron chi connectivity index (χ3n) is 7.95. The van der Waals surface area contributed by atoms with E-state index in [0.717, 1.165) is 22.4 Å². The van der Waals surface area contributed by atoms with Gasteiger partial charge >= 0.3 is 5.69 Å². The van der Waals surface area contributed by atoms with E-state index in [1.165, 1.54) is 6.20 Å². The summed E-state index contributed by atoms with van der Waals surface area (Å²) in [6.45, 7) is 11.3. The lowest BCUT2D eigenvalue weighted by Crippen LogP contribution is -2.47. The van der Waals surface area contributed by atoms with Crippen LogP contribution in [0.2, 0.25) is 18.1 Å². The van der Waals surface area contributed by atoms with Crippen molar-refractivity contribution in [1.29, 1.82) is 0 Å². The minimum Gasteiger partial charge on any atom is -0.402 e. The van der Waals surface area contributed by atoms with Gasteiger partial charge in [0.05, 0.1) is 12.8 Å². The number of nitrogens with two attached hydrogens (primary N) is 1. The summed E-state index contributed by atoms with van der Waals surface area (Å²) in [4.78, 5) is 19.0. The lowest BCUT2D eigenvalue weighted by Gasteiger charge is -2.40. The first-order valence-corrected chi connectivity index (χ1v) is 16.7. The van der Waals surface area contributed by atoms with Gasteiger partial charge in [0, 0.05) is 17.8 Å². The van der Waals surface area contributed by atoms with E-state index < -0.39 is 25.8 Å². The number of nitrogens with zero attached hydrogens (tertiary/aromatic N) is 1. The summed E-state index contributed by atoms with van der Waals surface area (Å²) in [7, 11) is -2.11. The Kier molecular flexibility index (Phi) is 9.21. The van der Waals surface area contributed by atoms with Crippen LogP contribution >= 0.6 is 0 Å². The molecule has 0 aliphatic carbocycles. The molecule has 3 aromatic carbocycles. The van der Waals surface area contributed by atoms with Crippen LogP contribution in [0.25, 0.3) is 0 Å².